The minimum Gasteiger partial charge on any atom is -0.290 e. The van der Waals surface area contributed by atoms with Crippen LogP contribution in [-0.4, -0.2) is 24.3 Å². The van der Waals surface area contributed by atoms with E-state index in [0.717, 1.165) is 27.5 Å². The number of rotatable bonds is 3. The second-order valence-corrected chi connectivity index (χ2v) is 6.32. The summed E-state index contributed by atoms with van der Waals surface area (Å²) in [6.07, 6.45) is 3.70. The second-order valence-electron chi connectivity index (χ2n) is 4.58. The Hall–Kier alpha value is -2.01. The smallest absolute Gasteiger partial charge is 0.140 e. The minimum absolute atomic E-state index is 0.620. The third kappa shape index (κ3) is 2.36. The summed E-state index contributed by atoms with van der Waals surface area (Å²) >= 11 is 0. The summed E-state index contributed by atoms with van der Waals surface area (Å²) in [4.78, 5) is 9.72. The van der Waals surface area contributed by atoms with Crippen molar-refractivity contribution in [2.75, 3.05) is 5.75 Å². The van der Waals surface area contributed by atoms with Gasteiger partial charge in [-0.15, -0.1) is 0 Å². The molecule has 0 bridgehead atoms. The topological polar surface area (TPSA) is 47.3 Å². The van der Waals surface area contributed by atoms with Gasteiger partial charge >= 0.3 is 0 Å². The van der Waals surface area contributed by atoms with Crippen LogP contribution in [0.4, 0.5) is 0 Å². The largest absolute Gasteiger partial charge is 0.290 e. The molecule has 0 aliphatic rings. The summed E-state index contributed by atoms with van der Waals surface area (Å²) in [6, 6.07) is 9.67. The van der Waals surface area contributed by atoms with Crippen LogP contribution in [0, 0.1) is 6.92 Å². The number of aryl methyl sites for hydroxylation is 1. The summed E-state index contributed by atoms with van der Waals surface area (Å²) < 4.78 is 13.8. The number of imidazole rings is 1. The quantitative estimate of drug-likeness (QED) is 0.743. The zero-order chi connectivity index (χ0) is 14.1. The van der Waals surface area contributed by atoms with E-state index in [1.807, 2.05) is 54.8 Å². The van der Waals surface area contributed by atoms with Crippen LogP contribution in [0.15, 0.2) is 47.8 Å². The van der Waals surface area contributed by atoms with Crippen LogP contribution in [0.5, 0.6) is 0 Å². The first kappa shape index (κ1) is 13.0. The maximum absolute atomic E-state index is 11.9. The predicted molar refractivity (Wildman–Crippen MR) is 80.1 cm³/mol. The number of benzene rings is 1. The van der Waals surface area contributed by atoms with E-state index in [0.29, 0.717) is 5.75 Å². The van der Waals surface area contributed by atoms with Gasteiger partial charge in [0.15, 0.2) is 0 Å². The first-order valence-corrected chi connectivity index (χ1v) is 7.79. The number of fused-ring (bicyclic) bond motifs is 1. The lowest BCUT2D eigenvalue weighted by Gasteiger charge is -2.04. The van der Waals surface area contributed by atoms with Crippen molar-refractivity contribution in [2.24, 2.45) is 0 Å². The van der Waals surface area contributed by atoms with Crippen LogP contribution in [0.25, 0.3) is 16.9 Å². The first-order chi connectivity index (χ1) is 9.67. The van der Waals surface area contributed by atoms with E-state index in [2.05, 4.69) is 9.97 Å². The molecule has 2 heterocycles. The van der Waals surface area contributed by atoms with E-state index < -0.39 is 10.8 Å². The van der Waals surface area contributed by atoms with Gasteiger partial charge in [-0.25, -0.2) is 9.97 Å². The van der Waals surface area contributed by atoms with Crippen molar-refractivity contribution in [3.05, 3.63) is 48.5 Å². The van der Waals surface area contributed by atoms with Crippen molar-refractivity contribution in [3.8, 4) is 11.3 Å². The fourth-order valence-electron chi connectivity index (χ4n) is 2.14. The van der Waals surface area contributed by atoms with Gasteiger partial charge in [0.1, 0.15) is 12.0 Å². The Labute approximate surface area is 120 Å². The van der Waals surface area contributed by atoms with Crippen LogP contribution < -0.4 is 0 Å². The Morgan fingerprint density at radius 2 is 2.15 bits per heavy atom. The summed E-state index contributed by atoms with van der Waals surface area (Å²) in [5.41, 5.74) is 3.64. The minimum atomic E-state index is -0.946. The zero-order valence-electron chi connectivity index (χ0n) is 11.4. The van der Waals surface area contributed by atoms with E-state index in [1.54, 1.807) is 6.33 Å². The van der Waals surface area contributed by atoms with Gasteiger partial charge in [0.05, 0.1) is 22.2 Å². The van der Waals surface area contributed by atoms with E-state index >= 15 is 0 Å². The molecule has 0 spiro atoms. The second kappa shape index (κ2) is 5.17. The molecular formula is C15H15N3OS. The van der Waals surface area contributed by atoms with Gasteiger partial charge in [-0.3, -0.25) is 8.61 Å². The highest BCUT2D eigenvalue weighted by Crippen LogP contribution is 2.21. The van der Waals surface area contributed by atoms with Crippen LogP contribution in [0.2, 0.25) is 0 Å². The number of hydrogen-bond donors (Lipinski definition) is 0. The predicted octanol–water partition coefficient (Wildman–Crippen LogP) is 2.83. The summed E-state index contributed by atoms with van der Waals surface area (Å²) in [5, 5.41) is 0. The molecule has 0 saturated heterocycles. The van der Waals surface area contributed by atoms with Crippen molar-refractivity contribution >= 4 is 16.4 Å². The van der Waals surface area contributed by atoms with Gasteiger partial charge in [-0.2, -0.15) is 0 Å². The molecule has 20 heavy (non-hydrogen) atoms. The molecule has 1 aromatic carbocycles. The van der Waals surface area contributed by atoms with Crippen molar-refractivity contribution in [2.45, 2.75) is 18.7 Å². The van der Waals surface area contributed by atoms with Gasteiger partial charge in [0, 0.05) is 28.5 Å². The fraction of sp³-hybridized carbons (Fsp3) is 0.200. The average molecular weight is 285 g/mol. The van der Waals surface area contributed by atoms with Crippen LogP contribution >= 0.6 is 0 Å². The highest BCUT2D eigenvalue weighted by Gasteiger charge is 2.06. The van der Waals surface area contributed by atoms with Crippen molar-refractivity contribution in [3.63, 3.8) is 0 Å². The molecule has 0 fully saturated rings. The SMILES string of the molecule is CCS(=O)c1cccc(-c2cc3nc(C)cn3cn2)c1. The molecule has 4 nitrogen and oxygen atoms in total. The van der Waals surface area contributed by atoms with Gasteiger partial charge in [0.25, 0.3) is 0 Å². The molecule has 2 aromatic heterocycles. The molecule has 102 valence electrons. The summed E-state index contributed by atoms with van der Waals surface area (Å²) in [6.45, 7) is 3.87. The monoisotopic (exact) mass is 285 g/mol. The maximum Gasteiger partial charge on any atom is 0.140 e. The third-order valence-corrected chi connectivity index (χ3v) is 4.43. The van der Waals surface area contributed by atoms with Gasteiger partial charge < -0.3 is 0 Å². The lowest BCUT2D eigenvalue weighted by atomic mass is 10.1. The summed E-state index contributed by atoms with van der Waals surface area (Å²) in [7, 11) is -0.946. The molecule has 1 unspecified atom stereocenters. The molecule has 0 aliphatic heterocycles. The van der Waals surface area contributed by atoms with Crippen LogP contribution in [0.1, 0.15) is 12.6 Å². The van der Waals surface area contributed by atoms with Crippen molar-refractivity contribution in [1.82, 2.24) is 14.4 Å². The van der Waals surface area contributed by atoms with E-state index in [-0.39, 0.29) is 0 Å². The Balaban J connectivity index is 2.08. The summed E-state index contributed by atoms with van der Waals surface area (Å²) in [5.74, 6) is 0.620. The molecule has 0 radical (unpaired) electrons. The molecule has 0 N–H and O–H groups in total. The van der Waals surface area contributed by atoms with Gasteiger partial charge in [0.2, 0.25) is 0 Å². The maximum atomic E-state index is 11.9. The highest BCUT2D eigenvalue weighted by atomic mass is 32.2. The lowest BCUT2D eigenvalue weighted by Crippen LogP contribution is -1.95. The van der Waals surface area contributed by atoms with Crippen molar-refractivity contribution in [1.29, 1.82) is 0 Å². The fourth-order valence-corrected chi connectivity index (χ4v) is 2.96. The zero-order valence-corrected chi connectivity index (χ0v) is 12.2. The molecule has 0 saturated carbocycles. The Morgan fingerprint density at radius 1 is 1.30 bits per heavy atom. The third-order valence-electron chi connectivity index (χ3n) is 3.12. The van der Waals surface area contributed by atoms with Crippen molar-refractivity contribution < 1.29 is 4.21 Å². The van der Waals surface area contributed by atoms with E-state index in [1.165, 1.54) is 0 Å². The van der Waals surface area contributed by atoms with Gasteiger partial charge in [-0.05, 0) is 19.1 Å². The first-order valence-electron chi connectivity index (χ1n) is 6.47. The van der Waals surface area contributed by atoms with Crippen LogP contribution in [-0.2, 0) is 10.8 Å². The Kier molecular flexibility index (Phi) is 3.36. The standard InChI is InChI=1S/C15H15N3OS/c1-3-20(19)13-6-4-5-12(7-13)14-8-15-17-11(2)9-18(15)10-16-14/h4-10H,3H2,1-2H3. The molecule has 0 amide bonds. The average Bonchev–Trinajstić information content (AvgIpc) is 2.85. The number of aromatic nitrogens is 3. The molecule has 3 rings (SSSR count). The lowest BCUT2D eigenvalue weighted by molar-refractivity contribution is 0.684. The van der Waals surface area contributed by atoms with E-state index in [9.17, 15) is 4.21 Å². The van der Waals surface area contributed by atoms with E-state index in [4.69, 9.17) is 0 Å². The number of nitrogens with zero attached hydrogens (tertiary/aromatic N) is 3. The number of hydrogen-bond acceptors (Lipinski definition) is 3. The normalized spacial score (nSPS) is 12.7. The molecule has 1 atom stereocenters. The highest BCUT2D eigenvalue weighted by molar-refractivity contribution is 7.85. The molecule has 5 heteroatoms. The molecular weight excluding hydrogens is 270 g/mol. The van der Waals surface area contributed by atoms with Gasteiger partial charge in [-0.1, -0.05) is 19.1 Å². The Bertz CT molecular complexity index is 795. The Morgan fingerprint density at radius 3 is 2.95 bits per heavy atom. The van der Waals surface area contributed by atoms with Crippen LogP contribution in [0.3, 0.4) is 0 Å². The molecule has 3 aromatic rings. The molecule has 0 aliphatic carbocycles.